The molecule has 98 valence electrons. The zero-order chi connectivity index (χ0) is 13.2. The number of nitrogens with one attached hydrogen (secondary N) is 3. The number of aromatic nitrogens is 1. The number of alkyl carbamates (subject to hydrolysis) is 1. The number of urea groups is 1. The monoisotopic (exact) mass is 252 g/mol. The van der Waals surface area contributed by atoms with E-state index in [0.717, 1.165) is 0 Å². The van der Waals surface area contributed by atoms with Gasteiger partial charge in [0.25, 0.3) is 0 Å². The van der Waals surface area contributed by atoms with Gasteiger partial charge in [-0.1, -0.05) is 6.07 Å². The molecule has 3 N–H and O–H groups in total. The molecule has 0 fully saturated rings. The molecular weight excluding hydrogens is 236 g/mol. The van der Waals surface area contributed by atoms with Gasteiger partial charge in [-0.15, -0.1) is 0 Å². The van der Waals surface area contributed by atoms with E-state index in [9.17, 15) is 9.59 Å². The number of nitrogens with zero attached hydrogens (tertiary/aromatic N) is 1. The Bertz CT molecular complexity index is 383. The van der Waals surface area contributed by atoms with E-state index in [2.05, 4.69) is 25.7 Å². The summed E-state index contributed by atoms with van der Waals surface area (Å²) >= 11 is 0. The molecule has 0 saturated heterocycles. The maximum atomic E-state index is 11.4. The number of hydrogen-bond acceptors (Lipinski definition) is 4. The molecule has 18 heavy (non-hydrogen) atoms. The van der Waals surface area contributed by atoms with Crippen molar-refractivity contribution in [2.24, 2.45) is 0 Å². The first-order chi connectivity index (χ1) is 8.72. The van der Waals surface area contributed by atoms with Gasteiger partial charge < -0.3 is 15.4 Å². The van der Waals surface area contributed by atoms with Crippen LogP contribution in [-0.2, 0) is 4.74 Å². The van der Waals surface area contributed by atoms with Gasteiger partial charge in [0.2, 0.25) is 0 Å². The summed E-state index contributed by atoms with van der Waals surface area (Å²) in [4.78, 5) is 26.2. The molecule has 1 aromatic heterocycles. The van der Waals surface area contributed by atoms with Crippen molar-refractivity contribution in [1.29, 1.82) is 0 Å². The Morgan fingerprint density at radius 3 is 2.72 bits per heavy atom. The highest BCUT2D eigenvalue weighted by atomic mass is 16.5. The minimum absolute atomic E-state index is 0.300. The molecule has 0 aliphatic heterocycles. The Hall–Kier alpha value is -2.31. The van der Waals surface area contributed by atoms with Crippen molar-refractivity contribution in [1.82, 2.24) is 15.6 Å². The number of carbonyl (C=O) groups excluding carboxylic acids is 2. The van der Waals surface area contributed by atoms with Crippen LogP contribution >= 0.6 is 0 Å². The maximum absolute atomic E-state index is 11.4. The first kappa shape index (κ1) is 13.8. The summed E-state index contributed by atoms with van der Waals surface area (Å²) in [5, 5.41) is 7.60. The summed E-state index contributed by atoms with van der Waals surface area (Å²) in [5.74, 6) is 0.466. The molecule has 7 heteroatoms. The molecule has 0 aromatic carbocycles. The SMILES string of the molecule is CCOC(=O)NCCNC(=O)Nc1ccccn1. The number of pyridine rings is 1. The zero-order valence-electron chi connectivity index (χ0n) is 10.1. The summed E-state index contributed by atoms with van der Waals surface area (Å²) in [6.45, 7) is 2.64. The van der Waals surface area contributed by atoms with E-state index in [0.29, 0.717) is 25.5 Å². The van der Waals surface area contributed by atoms with Crippen LogP contribution in [0.25, 0.3) is 0 Å². The fourth-order valence-electron chi connectivity index (χ4n) is 1.12. The van der Waals surface area contributed by atoms with E-state index in [4.69, 9.17) is 0 Å². The lowest BCUT2D eigenvalue weighted by atomic mass is 10.5. The van der Waals surface area contributed by atoms with Crippen LogP contribution in [-0.4, -0.2) is 36.8 Å². The standard InChI is InChI=1S/C11H16N4O3/c1-2-18-11(17)14-8-7-13-10(16)15-9-5-3-4-6-12-9/h3-6H,2,7-8H2,1H3,(H,14,17)(H2,12,13,15,16). The van der Waals surface area contributed by atoms with E-state index in [1.165, 1.54) is 0 Å². The lowest BCUT2D eigenvalue weighted by Crippen LogP contribution is -2.37. The first-order valence-electron chi connectivity index (χ1n) is 5.59. The van der Waals surface area contributed by atoms with Gasteiger partial charge in [0, 0.05) is 19.3 Å². The topological polar surface area (TPSA) is 92.4 Å². The summed E-state index contributed by atoms with van der Waals surface area (Å²) in [7, 11) is 0. The predicted octanol–water partition coefficient (Wildman–Crippen LogP) is 0.949. The Morgan fingerprint density at radius 2 is 2.06 bits per heavy atom. The van der Waals surface area contributed by atoms with Gasteiger partial charge in [0.1, 0.15) is 5.82 Å². The van der Waals surface area contributed by atoms with Crippen LogP contribution in [0.2, 0.25) is 0 Å². The third-order valence-electron chi connectivity index (χ3n) is 1.86. The van der Waals surface area contributed by atoms with Crippen molar-refractivity contribution in [3.8, 4) is 0 Å². The van der Waals surface area contributed by atoms with Gasteiger partial charge in [-0.2, -0.15) is 0 Å². The second kappa shape index (κ2) is 7.88. The molecule has 0 unspecified atom stereocenters. The smallest absolute Gasteiger partial charge is 0.407 e. The number of anilines is 1. The van der Waals surface area contributed by atoms with Crippen LogP contribution in [0.15, 0.2) is 24.4 Å². The first-order valence-corrected chi connectivity index (χ1v) is 5.59. The number of hydrogen-bond donors (Lipinski definition) is 3. The molecule has 0 spiro atoms. The van der Waals surface area contributed by atoms with Crippen LogP contribution in [0.4, 0.5) is 15.4 Å². The highest BCUT2D eigenvalue weighted by Gasteiger charge is 2.02. The van der Waals surface area contributed by atoms with Crippen molar-refractivity contribution >= 4 is 17.9 Å². The zero-order valence-corrected chi connectivity index (χ0v) is 10.1. The van der Waals surface area contributed by atoms with Crippen LogP contribution in [0.3, 0.4) is 0 Å². The van der Waals surface area contributed by atoms with E-state index < -0.39 is 6.09 Å². The highest BCUT2D eigenvalue weighted by Crippen LogP contribution is 1.98. The fourth-order valence-corrected chi connectivity index (χ4v) is 1.12. The number of carbonyl (C=O) groups is 2. The van der Waals surface area contributed by atoms with Gasteiger partial charge in [0.15, 0.2) is 0 Å². The molecule has 0 aliphatic carbocycles. The average Bonchev–Trinajstić information content (AvgIpc) is 2.36. The molecule has 1 heterocycles. The molecule has 0 saturated carbocycles. The van der Waals surface area contributed by atoms with Crippen molar-refractivity contribution < 1.29 is 14.3 Å². The Balaban J connectivity index is 2.12. The molecule has 0 radical (unpaired) electrons. The van der Waals surface area contributed by atoms with Gasteiger partial charge in [-0.05, 0) is 19.1 Å². The lowest BCUT2D eigenvalue weighted by molar-refractivity contribution is 0.152. The summed E-state index contributed by atoms with van der Waals surface area (Å²) in [6, 6.07) is 4.83. The molecule has 7 nitrogen and oxygen atoms in total. The molecule has 3 amide bonds. The Morgan fingerprint density at radius 1 is 1.28 bits per heavy atom. The van der Waals surface area contributed by atoms with E-state index in [1.807, 2.05) is 0 Å². The maximum Gasteiger partial charge on any atom is 0.407 e. The van der Waals surface area contributed by atoms with Gasteiger partial charge in [-0.25, -0.2) is 14.6 Å². The average molecular weight is 252 g/mol. The minimum Gasteiger partial charge on any atom is -0.450 e. The third kappa shape index (κ3) is 5.69. The molecule has 0 atom stereocenters. The normalized spacial score (nSPS) is 9.39. The van der Waals surface area contributed by atoms with E-state index in [-0.39, 0.29) is 6.03 Å². The summed E-state index contributed by atoms with van der Waals surface area (Å²) in [5.41, 5.74) is 0. The van der Waals surface area contributed by atoms with Crippen LogP contribution in [0.5, 0.6) is 0 Å². The number of amides is 3. The van der Waals surface area contributed by atoms with Crippen molar-refractivity contribution in [2.45, 2.75) is 6.92 Å². The number of ether oxygens (including phenoxy) is 1. The van der Waals surface area contributed by atoms with Crippen LogP contribution in [0, 0.1) is 0 Å². The Kier molecular flexibility index (Phi) is 6.02. The number of rotatable bonds is 5. The second-order valence-corrected chi connectivity index (χ2v) is 3.24. The largest absolute Gasteiger partial charge is 0.450 e. The summed E-state index contributed by atoms with van der Waals surface area (Å²) < 4.78 is 4.66. The molecule has 0 aliphatic rings. The lowest BCUT2D eigenvalue weighted by Gasteiger charge is -2.07. The van der Waals surface area contributed by atoms with Crippen LogP contribution in [0.1, 0.15) is 6.92 Å². The van der Waals surface area contributed by atoms with Gasteiger partial charge in [0.05, 0.1) is 6.61 Å². The summed E-state index contributed by atoms with van der Waals surface area (Å²) in [6.07, 6.45) is 1.09. The molecular formula is C11H16N4O3. The van der Waals surface area contributed by atoms with E-state index in [1.54, 1.807) is 31.3 Å². The third-order valence-corrected chi connectivity index (χ3v) is 1.86. The van der Waals surface area contributed by atoms with Crippen molar-refractivity contribution in [2.75, 3.05) is 25.0 Å². The van der Waals surface area contributed by atoms with Gasteiger partial charge in [-0.3, -0.25) is 5.32 Å². The molecule has 0 bridgehead atoms. The quantitative estimate of drug-likeness (QED) is 0.680. The molecule has 1 rings (SSSR count). The van der Waals surface area contributed by atoms with Crippen LogP contribution < -0.4 is 16.0 Å². The predicted molar refractivity (Wildman–Crippen MR) is 66.3 cm³/mol. The fraction of sp³-hybridized carbons (Fsp3) is 0.364. The van der Waals surface area contributed by atoms with Crippen molar-refractivity contribution in [3.63, 3.8) is 0 Å². The molecule has 1 aromatic rings. The van der Waals surface area contributed by atoms with E-state index >= 15 is 0 Å². The highest BCUT2D eigenvalue weighted by molar-refractivity contribution is 5.88. The Labute approximate surface area is 105 Å². The van der Waals surface area contributed by atoms with Gasteiger partial charge >= 0.3 is 12.1 Å². The minimum atomic E-state index is -0.496. The second-order valence-electron chi connectivity index (χ2n) is 3.24. The van der Waals surface area contributed by atoms with Crippen molar-refractivity contribution in [3.05, 3.63) is 24.4 Å².